The minimum absolute atomic E-state index is 0.00527. The van der Waals surface area contributed by atoms with Crippen molar-refractivity contribution < 1.29 is 9.90 Å². The summed E-state index contributed by atoms with van der Waals surface area (Å²) in [6.45, 7) is 3.50. The van der Waals surface area contributed by atoms with Crippen LogP contribution in [0.25, 0.3) is 0 Å². The molecule has 0 aliphatic rings. The lowest BCUT2D eigenvalue weighted by Crippen LogP contribution is -2.31. The summed E-state index contributed by atoms with van der Waals surface area (Å²) in [6.07, 6.45) is 1.93. The number of anilines is 1. The molecule has 0 heterocycles. The van der Waals surface area contributed by atoms with Crippen molar-refractivity contribution in [1.29, 1.82) is 5.26 Å². The molecule has 0 aliphatic carbocycles. The minimum atomic E-state index is -0.0382. The number of carbonyl (C=O) groups is 1. The highest BCUT2D eigenvalue weighted by Crippen LogP contribution is 2.21. The van der Waals surface area contributed by atoms with Gasteiger partial charge in [-0.3, -0.25) is 4.79 Å². The number of benzene rings is 1. The third kappa shape index (κ3) is 3.98. The zero-order valence-electron chi connectivity index (χ0n) is 11.3. The standard InChI is InChI=1S/C14H18N2O2S/c1-9(14(8-17)19-3)16-13-6-11(10(2)18)4-5-12(13)7-15/h4-6,9,14,16-17H,8H2,1-3H3. The van der Waals surface area contributed by atoms with Gasteiger partial charge in [0.25, 0.3) is 0 Å². The van der Waals surface area contributed by atoms with Gasteiger partial charge < -0.3 is 10.4 Å². The summed E-state index contributed by atoms with van der Waals surface area (Å²) in [4.78, 5) is 11.4. The number of carbonyl (C=O) groups excluding carboxylic acids is 1. The second-order valence-corrected chi connectivity index (χ2v) is 5.39. The fourth-order valence-corrected chi connectivity index (χ4v) is 2.38. The molecule has 0 spiro atoms. The number of nitrogens with one attached hydrogen (secondary N) is 1. The molecule has 1 aromatic rings. The highest BCUT2D eigenvalue weighted by atomic mass is 32.2. The number of hydrogen-bond donors (Lipinski definition) is 2. The van der Waals surface area contributed by atoms with Crippen LogP contribution in [0.1, 0.15) is 29.8 Å². The smallest absolute Gasteiger partial charge is 0.159 e. The first kappa shape index (κ1) is 15.5. The predicted molar refractivity (Wildman–Crippen MR) is 78.6 cm³/mol. The average Bonchev–Trinajstić information content (AvgIpc) is 2.39. The van der Waals surface area contributed by atoms with E-state index in [1.807, 2.05) is 13.2 Å². The largest absolute Gasteiger partial charge is 0.395 e. The van der Waals surface area contributed by atoms with E-state index in [9.17, 15) is 9.90 Å². The summed E-state index contributed by atoms with van der Waals surface area (Å²) in [5, 5.41) is 21.6. The number of ketones is 1. The predicted octanol–water partition coefficient (Wildman–Crippen LogP) is 2.29. The van der Waals surface area contributed by atoms with Crippen LogP contribution in [-0.2, 0) is 0 Å². The molecule has 2 atom stereocenters. The first-order chi connectivity index (χ1) is 9.03. The van der Waals surface area contributed by atoms with E-state index in [2.05, 4.69) is 11.4 Å². The summed E-state index contributed by atoms with van der Waals surface area (Å²) in [6, 6.07) is 7.07. The van der Waals surface area contributed by atoms with E-state index in [1.54, 1.807) is 30.0 Å². The Balaban J connectivity index is 3.01. The van der Waals surface area contributed by atoms with Crippen molar-refractivity contribution in [2.24, 2.45) is 0 Å². The van der Waals surface area contributed by atoms with Crippen LogP contribution in [0.15, 0.2) is 18.2 Å². The molecule has 0 saturated heterocycles. The van der Waals surface area contributed by atoms with E-state index in [4.69, 9.17) is 5.26 Å². The Morgan fingerprint density at radius 1 is 1.58 bits per heavy atom. The van der Waals surface area contributed by atoms with Gasteiger partial charge in [-0.25, -0.2) is 0 Å². The second kappa shape index (κ2) is 7.17. The molecular weight excluding hydrogens is 260 g/mol. The topological polar surface area (TPSA) is 73.1 Å². The van der Waals surface area contributed by atoms with Crippen molar-refractivity contribution in [2.45, 2.75) is 25.1 Å². The lowest BCUT2D eigenvalue weighted by Gasteiger charge is -2.23. The molecule has 0 saturated carbocycles. The average molecular weight is 278 g/mol. The summed E-state index contributed by atoms with van der Waals surface area (Å²) >= 11 is 1.56. The van der Waals surface area contributed by atoms with E-state index in [0.29, 0.717) is 16.8 Å². The van der Waals surface area contributed by atoms with Crippen molar-refractivity contribution in [1.82, 2.24) is 0 Å². The quantitative estimate of drug-likeness (QED) is 0.781. The molecule has 1 aromatic carbocycles. The molecular formula is C14H18N2O2S. The summed E-state index contributed by atoms with van der Waals surface area (Å²) < 4.78 is 0. The molecule has 5 heteroatoms. The third-order valence-electron chi connectivity index (χ3n) is 2.97. The summed E-state index contributed by atoms with van der Waals surface area (Å²) in [5.74, 6) is -0.0382. The molecule has 0 amide bonds. The first-order valence-electron chi connectivity index (χ1n) is 5.98. The number of aliphatic hydroxyl groups excluding tert-OH is 1. The fraction of sp³-hybridized carbons (Fsp3) is 0.429. The van der Waals surface area contributed by atoms with Crippen LogP contribution < -0.4 is 5.32 Å². The maximum absolute atomic E-state index is 11.4. The van der Waals surface area contributed by atoms with Crippen LogP contribution in [0.4, 0.5) is 5.69 Å². The van der Waals surface area contributed by atoms with Crippen molar-refractivity contribution >= 4 is 23.2 Å². The Bertz CT molecular complexity index is 493. The van der Waals surface area contributed by atoms with Crippen molar-refractivity contribution in [3.63, 3.8) is 0 Å². The number of hydrogen-bond acceptors (Lipinski definition) is 5. The maximum Gasteiger partial charge on any atom is 0.159 e. The molecule has 0 aliphatic heterocycles. The zero-order chi connectivity index (χ0) is 14.4. The first-order valence-corrected chi connectivity index (χ1v) is 7.27. The van der Waals surface area contributed by atoms with Gasteiger partial charge in [-0.1, -0.05) is 0 Å². The minimum Gasteiger partial charge on any atom is -0.395 e. The number of thioether (sulfide) groups is 1. The van der Waals surface area contributed by atoms with Crippen molar-refractivity contribution in [3.05, 3.63) is 29.3 Å². The van der Waals surface area contributed by atoms with Crippen molar-refractivity contribution in [3.8, 4) is 6.07 Å². The molecule has 0 aromatic heterocycles. The highest BCUT2D eigenvalue weighted by molar-refractivity contribution is 7.99. The third-order valence-corrected chi connectivity index (χ3v) is 4.13. The second-order valence-electron chi connectivity index (χ2n) is 4.32. The Labute approximate surface area is 117 Å². The number of Topliss-reactive ketones (excluding diaryl/α,β-unsaturated/α-hetero) is 1. The molecule has 102 valence electrons. The van der Waals surface area contributed by atoms with Gasteiger partial charge in [0.15, 0.2) is 5.78 Å². The van der Waals surface area contributed by atoms with Gasteiger partial charge in [-0.2, -0.15) is 17.0 Å². The van der Waals surface area contributed by atoms with Gasteiger partial charge in [0.05, 0.1) is 17.9 Å². The molecule has 0 bridgehead atoms. The number of nitriles is 1. The van der Waals surface area contributed by atoms with Crippen LogP contribution in [0.2, 0.25) is 0 Å². The number of aliphatic hydroxyl groups is 1. The summed E-state index contributed by atoms with van der Waals surface area (Å²) in [7, 11) is 0. The van der Waals surface area contributed by atoms with Crippen molar-refractivity contribution in [2.75, 3.05) is 18.2 Å². The Morgan fingerprint density at radius 3 is 2.74 bits per heavy atom. The summed E-state index contributed by atoms with van der Waals surface area (Å²) in [5.41, 5.74) is 1.70. The normalized spacial score (nSPS) is 13.4. The molecule has 0 fully saturated rings. The van der Waals surface area contributed by atoms with Gasteiger partial charge >= 0.3 is 0 Å². The van der Waals surface area contributed by atoms with Gasteiger partial charge in [-0.05, 0) is 38.3 Å². The molecule has 2 N–H and O–H groups in total. The molecule has 2 unspecified atom stereocenters. The lowest BCUT2D eigenvalue weighted by atomic mass is 10.1. The monoisotopic (exact) mass is 278 g/mol. The van der Waals surface area contributed by atoms with E-state index in [-0.39, 0.29) is 23.7 Å². The van der Waals surface area contributed by atoms with E-state index in [0.717, 1.165) is 0 Å². The van der Waals surface area contributed by atoms with Gasteiger partial charge in [0.1, 0.15) is 6.07 Å². The Kier molecular flexibility index (Phi) is 5.87. The van der Waals surface area contributed by atoms with Gasteiger partial charge in [0.2, 0.25) is 0 Å². The van der Waals surface area contributed by atoms with Crippen LogP contribution in [-0.4, -0.2) is 35.0 Å². The van der Waals surface area contributed by atoms with Crippen LogP contribution >= 0.6 is 11.8 Å². The molecule has 1 rings (SSSR count). The number of rotatable bonds is 6. The lowest BCUT2D eigenvalue weighted by molar-refractivity contribution is 0.101. The van der Waals surface area contributed by atoms with E-state index >= 15 is 0 Å². The highest BCUT2D eigenvalue weighted by Gasteiger charge is 2.16. The van der Waals surface area contributed by atoms with Crippen LogP contribution in [0.3, 0.4) is 0 Å². The fourth-order valence-electron chi connectivity index (χ4n) is 1.76. The zero-order valence-corrected chi connectivity index (χ0v) is 12.1. The molecule has 4 nitrogen and oxygen atoms in total. The number of nitrogens with zero attached hydrogens (tertiary/aromatic N) is 1. The molecule has 0 radical (unpaired) electrons. The maximum atomic E-state index is 11.4. The van der Waals surface area contributed by atoms with Gasteiger partial charge in [0, 0.05) is 16.9 Å². The van der Waals surface area contributed by atoms with Crippen LogP contribution in [0.5, 0.6) is 0 Å². The van der Waals surface area contributed by atoms with E-state index < -0.39 is 0 Å². The Hall–Kier alpha value is -1.51. The SMILES string of the molecule is CSC(CO)C(C)Nc1cc(C(C)=O)ccc1C#N. The Morgan fingerprint density at radius 2 is 2.26 bits per heavy atom. The van der Waals surface area contributed by atoms with Gasteiger partial charge in [-0.15, -0.1) is 0 Å². The van der Waals surface area contributed by atoms with E-state index in [1.165, 1.54) is 6.92 Å². The molecule has 19 heavy (non-hydrogen) atoms. The van der Waals surface area contributed by atoms with Crippen LogP contribution in [0, 0.1) is 11.3 Å².